The van der Waals surface area contributed by atoms with Crippen LogP contribution in [-0.2, 0) is 30.4 Å². The van der Waals surface area contributed by atoms with Crippen molar-refractivity contribution >= 4 is 11.8 Å². The van der Waals surface area contributed by atoms with Gasteiger partial charge in [0.1, 0.15) is 5.60 Å². The molecule has 0 spiro atoms. The number of nitrogens with one attached hydrogen (secondary N) is 1. The number of aryl methyl sites for hydroxylation is 2. The normalized spacial score (nSPS) is 16.8. The van der Waals surface area contributed by atoms with E-state index in [2.05, 4.69) is 11.4 Å². The first-order valence-electron chi connectivity index (χ1n) is 7.60. The van der Waals surface area contributed by atoms with E-state index >= 15 is 0 Å². The van der Waals surface area contributed by atoms with Gasteiger partial charge in [0.25, 0.3) is 0 Å². The third kappa shape index (κ3) is 2.54. The second-order valence-electron chi connectivity index (χ2n) is 6.86. The van der Waals surface area contributed by atoms with Gasteiger partial charge >= 0.3 is 6.09 Å². The van der Waals surface area contributed by atoms with Crippen LogP contribution in [0.5, 0.6) is 0 Å². The van der Waals surface area contributed by atoms with Gasteiger partial charge in [-0.25, -0.2) is 4.79 Å². The van der Waals surface area contributed by atoms with Crippen molar-refractivity contribution in [3.05, 3.63) is 28.3 Å². The van der Waals surface area contributed by atoms with E-state index in [1.165, 1.54) is 35.1 Å². The van der Waals surface area contributed by atoms with Gasteiger partial charge in [-0.1, -0.05) is 6.07 Å². The molecule has 20 heavy (non-hydrogen) atoms. The number of hydrogen-bond donors (Lipinski definition) is 1. The minimum absolute atomic E-state index is 0.327. The largest absolute Gasteiger partial charge is 0.444 e. The summed E-state index contributed by atoms with van der Waals surface area (Å²) in [5, 5.41) is 3.04. The molecule has 108 valence electrons. The fourth-order valence-corrected chi connectivity index (χ4v) is 3.37. The van der Waals surface area contributed by atoms with Crippen LogP contribution in [0, 0.1) is 0 Å². The van der Waals surface area contributed by atoms with E-state index in [0.29, 0.717) is 0 Å². The summed E-state index contributed by atoms with van der Waals surface area (Å²) in [6, 6.07) is 2.37. The third-order valence-electron chi connectivity index (χ3n) is 4.10. The van der Waals surface area contributed by atoms with Crippen LogP contribution in [0.25, 0.3) is 0 Å². The molecule has 3 heteroatoms. The van der Waals surface area contributed by atoms with E-state index in [4.69, 9.17) is 4.74 Å². The van der Waals surface area contributed by atoms with Gasteiger partial charge in [0.2, 0.25) is 0 Å². The first-order chi connectivity index (χ1) is 9.44. The molecule has 0 saturated heterocycles. The van der Waals surface area contributed by atoms with Gasteiger partial charge in [-0.15, -0.1) is 0 Å². The molecule has 2 aliphatic rings. The van der Waals surface area contributed by atoms with Crippen molar-refractivity contribution in [2.75, 3.05) is 5.32 Å². The van der Waals surface area contributed by atoms with E-state index in [1.54, 1.807) is 0 Å². The van der Waals surface area contributed by atoms with E-state index in [0.717, 1.165) is 31.4 Å². The lowest BCUT2D eigenvalue weighted by Gasteiger charge is -2.22. The summed E-state index contributed by atoms with van der Waals surface area (Å²) in [6.07, 6.45) is 6.51. The van der Waals surface area contributed by atoms with Gasteiger partial charge in [-0.3, -0.25) is 5.32 Å². The highest BCUT2D eigenvalue weighted by Gasteiger charge is 2.26. The second kappa shape index (κ2) is 4.80. The summed E-state index contributed by atoms with van der Waals surface area (Å²) < 4.78 is 5.41. The molecule has 3 nitrogen and oxygen atoms in total. The average Bonchev–Trinajstić information content (AvgIpc) is 2.93. The van der Waals surface area contributed by atoms with Gasteiger partial charge < -0.3 is 4.74 Å². The highest BCUT2D eigenvalue weighted by atomic mass is 16.6. The highest BCUT2D eigenvalue weighted by Crippen LogP contribution is 2.38. The zero-order valence-corrected chi connectivity index (χ0v) is 12.6. The minimum atomic E-state index is -0.453. The maximum Gasteiger partial charge on any atom is 0.412 e. The number of fused-ring (bicyclic) bond motifs is 2. The van der Waals surface area contributed by atoms with Gasteiger partial charge in [0.15, 0.2) is 0 Å². The van der Waals surface area contributed by atoms with Crippen LogP contribution in [0.2, 0.25) is 0 Å². The molecule has 0 radical (unpaired) electrons. The summed E-state index contributed by atoms with van der Waals surface area (Å²) in [5.74, 6) is 0. The molecule has 1 aromatic rings. The molecule has 0 saturated carbocycles. The molecule has 1 N–H and O–H groups in total. The molecule has 1 amide bonds. The van der Waals surface area contributed by atoms with Crippen LogP contribution in [0.4, 0.5) is 10.5 Å². The second-order valence-corrected chi connectivity index (χ2v) is 6.86. The number of rotatable bonds is 1. The zero-order valence-electron chi connectivity index (χ0n) is 12.6. The number of ether oxygens (including phenoxy) is 1. The smallest absolute Gasteiger partial charge is 0.412 e. The van der Waals surface area contributed by atoms with Crippen LogP contribution in [0.15, 0.2) is 6.07 Å². The molecule has 0 bridgehead atoms. The number of anilines is 1. The molecule has 0 aromatic heterocycles. The molecular weight excluding hydrogens is 250 g/mol. The van der Waals surface area contributed by atoms with Crippen molar-refractivity contribution in [2.45, 2.75) is 64.9 Å². The lowest BCUT2D eigenvalue weighted by atomic mass is 9.99. The summed E-state index contributed by atoms with van der Waals surface area (Å²) in [5.41, 5.74) is 6.15. The Labute approximate surface area is 120 Å². The molecule has 0 fully saturated rings. The van der Waals surface area contributed by atoms with Gasteiger partial charge in [-0.05, 0) is 81.5 Å². The van der Waals surface area contributed by atoms with Gasteiger partial charge in [-0.2, -0.15) is 0 Å². The molecule has 2 aliphatic carbocycles. The number of benzene rings is 1. The first kappa shape index (κ1) is 13.5. The van der Waals surface area contributed by atoms with Crippen molar-refractivity contribution < 1.29 is 9.53 Å². The average molecular weight is 273 g/mol. The molecule has 0 atom stereocenters. The lowest BCUT2D eigenvalue weighted by molar-refractivity contribution is 0.0635. The summed E-state index contributed by atoms with van der Waals surface area (Å²) >= 11 is 0. The van der Waals surface area contributed by atoms with Crippen LogP contribution >= 0.6 is 0 Å². The Morgan fingerprint density at radius 2 is 1.60 bits per heavy atom. The first-order valence-corrected chi connectivity index (χ1v) is 7.60. The fourth-order valence-electron chi connectivity index (χ4n) is 3.37. The maximum atomic E-state index is 12.1. The van der Waals surface area contributed by atoms with Crippen LogP contribution in [-0.4, -0.2) is 11.7 Å². The van der Waals surface area contributed by atoms with E-state index < -0.39 is 5.60 Å². The van der Waals surface area contributed by atoms with Crippen LogP contribution in [0.3, 0.4) is 0 Å². The molecule has 0 unspecified atom stereocenters. The standard InChI is InChI=1S/C17H23NO2/c1-17(2,3)20-16(19)18-15-13-8-4-6-11(13)10-12-7-5-9-14(12)15/h10H,4-9H2,1-3H3,(H,18,19). The highest BCUT2D eigenvalue weighted by molar-refractivity contribution is 5.88. The van der Waals surface area contributed by atoms with Gasteiger partial charge in [0, 0.05) is 0 Å². The Kier molecular flexibility index (Phi) is 3.23. The summed E-state index contributed by atoms with van der Waals surface area (Å²) in [7, 11) is 0. The van der Waals surface area contributed by atoms with Crippen LogP contribution in [0.1, 0.15) is 55.9 Å². The number of hydrogen-bond acceptors (Lipinski definition) is 2. The monoisotopic (exact) mass is 273 g/mol. The Bertz CT molecular complexity index is 523. The molecule has 0 aliphatic heterocycles. The van der Waals surface area contributed by atoms with Crippen molar-refractivity contribution in [1.29, 1.82) is 0 Å². The molecular formula is C17H23NO2. The van der Waals surface area contributed by atoms with Crippen molar-refractivity contribution in [3.8, 4) is 0 Å². The molecule has 0 heterocycles. The predicted molar refractivity (Wildman–Crippen MR) is 80.3 cm³/mol. The number of amides is 1. The maximum absolute atomic E-state index is 12.1. The van der Waals surface area contributed by atoms with Crippen molar-refractivity contribution in [1.82, 2.24) is 0 Å². The van der Waals surface area contributed by atoms with Crippen molar-refractivity contribution in [3.63, 3.8) is 0 Å². The SMILES string of the molecule is CC(C)(C)OC(=O)Nc1c2c(cc3c1CCC3)CCC2. The topological polar surface area (TPSA) is 38.3 Å². The fraction of sp³-hybridized carbons (Fsp3) is 0.588. The van der Waals surface area contributed by atoms with E-state index in [9.17, 15) is 4.79 Å². The van der Waals surface area contributed by atoms with Crippen LogP contribution < -0.4 is 5.32 Å². The third-order valence-corrected chi connectivity index (χ3v) is 4.10. The Balaban J connectivity index is 1.91. The van der Waals surface area contributed by atoms with E-state index in [-0.39, 0.29) is 6.09 Å². The quantitative estimate of drug-likeness (QED) is 0.839. The minimum Gasteiger partial charge on any atom is -0.444 e. The van der Waals surface area contributed by atoms with Gasteiger partial charge in [0.05, 0.1) is 5.69 Å². The zero-order chi connectivity index (χ0) is 14.3. The number of carbonyl (C=O) groups is 1. The summed E-state index contributed by atoms with van der Waals surface area (Å²) in [6.45, 7) is 5.69. The predicted octanol–water partition coefficient (Wildman–Crippen LogP) is 4.01. The number of carbonyl (C=O) groups excluding carboxylic acids is 1. The van der Waals surface area contributed by atoms with E-state index in [1.807, 2.05) is 20.8 Å². The molecule has 1 aromatic carbocycles. The Hall–Kier alpha value is -1.51. The molecule has 3 rings (SSSR count). The van der Waals surface area contributed by atoms with Crippen molar-refractivity contribution in [2.24, 2.45) is 0 Å². The Morgan fingerprint density at radius 3 is 2.10 bits per heavy atom. The Morgan fingerprint density at radius 1 is 1.05 bits per heavy atom. The summed E-state index contributed by atoms with van der Waals surface area (Å²) in [4.78, 5) is 12.1. The lowest BCUT2D eigenvalue weighted by Crippen LogP contribution is -2.28.